The van der Waals surface area contributed by atoms with Gasteiger partial charge in [0.05, 0.1) is 24.0 Å². The number of rotatable bonds is 11. The maximum atomic E-state index is 10.9. The molecule has 0 radical (unpaired) electrons. The summed E-state index contributed by atoms with van der Waals surface area (Å²) >= 11 is 0. The van der Waals surface area contributed by atoms with E-state index >= 15 is 0 Å². The standard InChI is InChI=1S/C25H35N9O4/c1-5-14(6-2)29-22-18-23(31-25(30-22)26-9-8-16-11-33(4)12-27-16)34(13-28-18)24-20(36)19(35)21(37-24)17-10-15(7-3)32-38-17/h10-14,19-21,24,35-36H,5-9H2,1-4H3,(H2,26,29,30,31)/t19-,20+,21?,24+/m0/s1. The van der Waals surface area contributed by atoms with Crippen molar-refractivity contribution in [2.24, 2.45) is 7.05 Å². The number of aromatic nitrogens is 7. The Labute approximate surface area is 220 Å². The van der Waals surface area contributed by atoms with Crippen molar-refractivity contribution in [2.45, 2.75) is 77.0 Å². The van der Waals surface area contributed by atoms with Crippen molar-refractivity contribution < 1.29 is 19.5 Å². The molecule has 1 fully saturated rings. The zero-order valence-corrected chi connectivity index (χ0v) is 22.1. The molecule has 4 aromatic heterocycles. The molecule has 5 heterocycles. The summed E-state index contributed by atoms with van der Waals surface area (Å²) in [6, 6.07) is 1.94. The van der Waals surface area contributed by atoms with Gasteiger partial charge in [0.1, 0.15) is 18.3 Å². The molecule has 1 unspecified atom stereocenters. The molecule has 13 heteroatoms. The minimum Gasteiger partial charge on any atom is -0.387 e. The van der Waals surface area contributed by atoms with Gasteiger partial charge in [-0.15, -0.1) is 0 Å². The van der Waals surface area contributed by atoms with Crippen molar-refractivity contribution in [1.29, 1.82) is 0 Å². The zero-order valence-electron chi connectivity index (χ0n) is 22.1. The van der Waals surface area contributed by atoms with Crippen LogP contribution in [0.5, 0.6) is 0 Å². The van der Waals surface area contributed by atoms with Crippen LogP contribution >= 0.6 is 0 Å². The van der Waals surface area contributed by atoms with Gasteiger partial charge in [-0.1, -0.05) is 25.9 Å². The molecule has 1 saturated heterocycles. The first kappa shape index (κ1) is 26.1. The number of nitrogens with zero attached hydrogens (tertiary/aromatic N) is 7. The molecule has 0 spiro atoms. The maximum absolute atomic E-state index is 10.9. The van der Waals surface area contributed by atoms with Gasteiger partial charge in [0, 0.05) is 38.3 Å². The first-order valence-corrected chi connectivity index (χ1v) is 13.1. The van der Waals surface area contributed by atoms with Crippen molar-refractivity contribution in [3.05, 3.63) is 42.1 Å². The van der Waals surface area contributed by atoms with Crippen LogP contribution < -0.4 is 10.6 Å². The van der Waals surface area contributed by atoms with E-state index in [0.717, 1.165) is 24.2 Å². The first-order chi connectivity index (χ1) is 18.4. The average Bonchev–Trinajstić information content (AvgIpc) is 3.71. The predicted molar refractivity (Wildman–Crippen MR) is 139 cm³/mol. The Kier molecular flexibility index (Phi) is 7.58. The molecule has 1 aliphatic rings. The molecule has 0 saturated carbocycles. The second-order valence-corrected chi connectivity index (χ2v) is 9.59. The van der Waals surface area contributed by atoms with E-state index in [4.69, 9.17) is 19.2 Å². The number of ether oxygens (including phenoxy) is 1. The summed E-state index contributed by atoms with van der Waals surface area (Å²) in [6.45, 7) is 6.76. The van der Waals surface area contributed by atoms with Gasteiger partial charge in [0.2, 0.25) is 5.95 Å². The van der Waals surface area contributed by atoms with Crippen LogP contribution in [0.25, 0.3) is 11.2 Å². The van der Waals surface area contributed by atoms with Gasteiger partial charge in [-0.3, -0.25) is 4.57 Å². The highest BCUT2D eigenvalue weighted by Crippen LogP contribution is 2.40. The number of fused-ring (bicyclic) bond motifs is 1. The third-order valence-corrected chi connectivity index (χ3v) is 6.90. The number of aliphatic hydroxyl groups is 2. The molecule has 38 heavy (non-hydrogen) atoms. The molecule has 0 aromatic carbocycles. The number of aryl methyl sites for hydroxylation is 2. The summed E-state index contributed by atoms with van der Waals surface area (Å²) in [5.74, 6) is 1.37. The van der Waals surface area contributed by atoms with E-state index in [1.54, 1.807) is 23.3 Å². The monoisotopic (exact) mass is 525 g/mol. The van der Waals surface area contributed by atoms with Gasteiger partial charge in [-0.05, 0) is 19.3 Å². The van der Waals surface area contributed by atoms with Crippen LogP contribution in [-0.2, 0) is 24.6 Å². The number of nitrogens with one attached hydrogen (secondary N) is 2. The topological polar surface area (TPSA) is 161 Å². The van der Waals surface area contributed by atoms with Crippen LogP contribution in [0.3, 0.4) is 0 Å². The van der Waals surface area contributed by atoms with Crippen molar-refractivity contribution in [3.63, 3.8) is 0 Å². The Morgan fingerprint density at radius 1 is 1.05 bits per heavy atom. The fourth-order valence-corrected chi connectivity index (χ4v) is 4.62. The lowest BCUT2D eigenvalue weighted by atomic mass is 10.1. The van der Waals surface area contributed by atoms with Gasteiger partial charge in [0.15, 0.2) is 29.0 Å². The summed E-state index contributed by atoms with van der Waals surface area (Å²) in [5.41, 5.74) is 2.72. The molecular weight excluding hydrogens is 490 g/mol. The fraction of sp³-hybridized carbons (Fsp3) is 0.560. The molecule has 4 aromatic rings. The summed E-state index contributed by atoms with van der Waals surface area (Å²) in [6.07, 6.45) is 4.25. The van der Waals surface area contributed by atoms with E-state index in [1.807, 2.05) is 24.7 Å². The van der Waals surface area contributed by atoms with E-state index in [1.165, 1.54) is 0 Å². The van der Waals surface area contributed by atoms with E-state index < -0.39 is 24.5 Å². The molecule has 4 atom stereocenters. The Balaban J connectivity index is 1.45. The van der Waals surface area contributed by atoms with Crippen LogP contribution in [0.2, 0.25) is 0 Å². The molecular formula is C25H35N9O4. The number of hydrogen-bond acceptors (Lipinski definition) is 11. The SMILES string of the molecule is CCc1cc(C2O[C@@H](n3cnc4c(NC(CC)CC)nc(NCCc5cn(C)cn5)nc43)[C@H](O)[C@@H]2O)on1. The Bertz CT molecular complexity index is 1360. The van der Waals surface area contributed by atoms with Crippen LogP contribution in [0.1, 0.15) is 63.1 Å². The second kappa shape index (κ2) is 11.1. The van der Waals surface area contributed by atoms with Crippen LogP contribution in [0.4, 0.5) is 11.8 Å². The highest BCUT2D eigenvalue weighted by atomic mass is 16.6. The first-order valence-electron chi connectivity index (χ1n) is 13.1. The van der Waals surface area contributed by atoms with Crippen LogP contribution in [0.15, 0.2) is 29.4 Å². The van der Waals surface area contributed by atoms with Crippen molar-refractivity contribution >= 4 is 22.9 Å². The molecule has 13 nitrogen and oxygen atoms in total. The lowest BCUT2D eigenvalue weighted by molar-refractivity contribution is -0.0434. The third kappa shape index (κ3) is 5.08. The second-order valence-electron chi connectivity index (χ2n) is 9.59. The van der Waals surface area contributed by atoms with E-state index in [-0.39, 0.29) is 6.04 Å². The molecule has 5 rings (SSSR count). The lowest BCUT2D eigenvalue weighted by Crippen LogP contribution is -2.29. The van der Waals surface area contributed by atoms with Crippen molar-refractivity contribution in [3.8, 4) is 0 Å². The molecule has 0 aliphatic carbocycles. The largest absolute Gasteiger partial charge is 0.387 e. The van der Waals surface area contributed by atoms with Gasteiger partial charge < -0.3 is 34.7 Å². The number of anilines is 2. The van der Waals surface area contributed by atoms with Crippen molar-refractivity contribution in [2.75, 3.05) is 17.2 Å². The van der Waals surface area contributed by atoms with E-state index in [9.17, 15) is 10.2 Å². The Morgan fingerprint density at radius 2 is 1.87 bits per heavy atom. The quantitative estimate of drug-likeness (QED) is 0.227. The fourth-order valence-electron chi connectivity index (χ4n) is 4.62. The smallest absolute Gasteiger partial charge is 0.226 e. The Hall–Kier alpha value is -3.55. The van der Waals surface area contributed by atoms with Crippen molar-refractivity contribution in [1.82, 2.24) is 34.2 Å². The third-order valence-electron chi connectivity index (χ3n) is 6.90. The zero-order chi connectivity index (χ0) is 26.8. The van der Waals surface area contributed by atoms with Crippen LogP contribution in [-0.4, -0.2) is 69.2 Å². The molecule has 1 aliphatic heterocycles. The minimum absolute atomic E-state index is 0.207. The van der Waals surface area contributed by atoms with E-state index in [2.05, 4.69) is 39.6 Å². The van der Waals surface area contributed by atoms with Gasteiger partial charge in [-0.2, -0.15) is 9.97 Å². The van der Waals surface area contributed by atoms with Gasteiger partial charge in [-0.25, -0.2) is 9.97 Å². The summed E-state index contributed by atoms with van der Waals surface area (Å²) in [7, 11) is 1.93. The molecule has 0 bridgehead atoms. The lowest BCUT2D eigenvalue weighted by Gasteiger charge is -2.18. The summed E-state index contributed by atoms with van der Waals surface area (Å²) in [5, 5.41) is 32.5. The van der Waals surface area contributed by atoms with Gasteiger partial charge in [0.25, 0.3) is 0 Å². The van der Waals surface area contributed by atoms with Gasteiger partial charge >= 0.3 is 0 Å². The normalized spacial score (nSPS) is 21.6. The predicted octanol–water partition coefficient (Wildman–Crippen LogP) is 2.36. The average molecular weight is 526 g/mol. The molecule has 204 valence electrons. The maximum Gasteiger partial charge on any atom is 0.226 e. The van der Waals surface area contributed by atoms with Crippen LogP contribution in [0, 0.1) is 0 Å². The molecule has 4 N–H and O–H groups in total. The number of hydrogen-bond donors (Lipinski definition) is 4. The molecule has 0 amide bonds. The highest BCUT2D eigenvalue weighted by Gasteiger charge is 2.47. The Morgan fingerprint density at radius 3 is 2.55 bits per heavy atom. The highest BCUT2D eigenvalue weighted by molar-refractivity contribution is 5.84. The number of imidazole rings is 2. The summed E-state index contributed by atoms with van der Waals surface area (Å²) < 4.78 is 15.0. The summed E-state index contributed by atoms with van der Waals surface area (Å²) in [4.78, 5) is 18.3. The minimum atomic E-state index is -1.24. The van der Waals surface area contributed by atoms with E-state index in [0.29, 0.717) is 48.1 Å². The number of aliphatic hydroxyl groups excluding tert-OH is 2.